The first-order valence-corrected chi connectivity index (χ1v) is 5.36. The van der Waals surface area contributed by atoms with E-state index in [1.54, 1.807) is 0 Å². The highest BCUT2D eigenvalue weighted by Gasteiger charge is 2.35. The van der Waals surface area contributed by atoms with Crippen LogP contribution in [-0.2, 0) is 18.4 Å². The summed E-state index contributed by atoms with van der Waals surface area (Å²) in [5.74, 6) is -0.281. The molecule has 0 amide bonds. The van der Waals surface area contributed by atoms with E-state index in [1.165, 1.54) is 21.1 Å². The van der Waals surface area contributed by atoms with E-state index >= 15 is 0 Å². The predicted octanol–water partition coefficient (Wildman–Crippen LogP) is 1.78. The van der Waals surface area contributed by atoms with Gasteiger partial charge in [-0.2, -0.15) is 0 Å². The first-order chi connectivity index (χ1) is 4.98. The zero-order valence-electron chi connectivity index (χ0n) is 6.54. The van der Waals surface area contributed by atoms with Crippen LogP contribution in [0.5, 0.6) is 0 Å². The van der Waals surface area contributed by atoms with E-state index in [4.69, 9.17) is 0 Å². The van der Waals surface area contributed by atoms with Crippen LogP contribution in [0.25, 0.3) is 0 Å². The Bertz CT molecular complexity index is 185. The molecule has 0 unspecified atom stereocenters. The van der Waals surface area contributed by atoms with Crippen LogP contribution in [0.3, 0.4) is 0 Å². The lowest BCUT2D eigenvalue weighted by Gasteiger charge is -2.16. The van der Waals surface area contributed by atoms with E-state index in [1.807, 2.05) is 0 Å². The van der Waals surface area contributed by atoms with Gasteiger partial charge in [0.25, 0.3) is 0 Å². The lowest BCUT2D eigenvalue weighted by atomic mass is 10.5. The second-order valence-corrected chi connectivity index (χ2v) is 5.80. The van der Waals surface area contributed by atoms with Crippen molar-refractivity contribution in [1.82, 2.24) is 0 Å². The second-order valence-electron chi connectivity index (χ2n) is 1.85. The number of carbonyl (C=O) groups excluding carboxylic acids is 1. The van der Waals surface area contributed by atoms with Crippen LogP contribution in [0, 0.1) is 0 Å². The molecule has 0 saturated heterocycles. The Labute approximate surface area is 73.9 Å². The van der Waals surface area contributed by atoms with Gasteiger partial charge in [-0.3, -0.25) is 9.36 Å². The van der Waals surface area contributed by atoms with Gasteiger partial charge in [-0.05, 0) is 6.92 Å². The molecule has 0 saturated carbocycles. The monoisotopic (exact) mass is 244 g/mol. The van der Waals surface area contributed by atoms with E-state index < -0.39 is 12.2 Å². The quantitative estimate of drug-likeness (QED) is 0.559. The van der Waals surface area contributed by atoms with Crippen LogP contribution in [0.4, 0.5) is 0 Å². The van der Waals surface area contributed by atoms with Gasteiger partial charge in [-0.1, -0.05) is 15.9 Å². The highest BCUT2D eigenvalue weighted by atomic mass is 79.9. The Morgan fingerprint density at radius 1 is 1.45 bits per heavy atom. The molecule has 1 atom stereocenters. The summed E-state index contributed by atoms with van der Waals surface area (Å²) >= 11 is 2.92. The molecule has 11 heavy (non-hydrogen) atoms. The van der Waals surface area contributed by atoms with Crippen LogP contribution in [0.1, 0.15) is 6.92 Å². The number of halogens is 1. The van der Waals surface area contributed by atoms with Crippen molar-refractivity contribution in [3.8, 4) is 0 Å². The molecular formula is C5H10BrO4P. The average Bonchev–Trinajstić information content (AvgIpc) is 2.01. The molecule has 0 N–H and O–H groups in total. The molecule has 0 aromatic heterocycles. The second kappa shape index (κ2) is 4.36. The number of carbonyl (C=O) groups is 1. The number of Topliss-reactive ketones (excluding diaryl/α,β-unsaturated/α-hetero) is 1. The topological polar surface area (TPSA) is 52.6 Å². The normalized spacial score (nSPS) is 14.5. The Balaban J connectivity index is 4.51. The molecule has 0 radical (unpaired) electrons. The van der Waals surface area contributed by atoms with E-state index in [0.717, 1.165) is 0 Å². The Hall–Kier alpha value is 0.300. The number of hydrogen-bond acceptors (Lipinski definition) is 4. The van der Waals surface area contributed by atoms with Gasteiger partial charge in [-0.15, -0.1) is 0 Å². The summed E-state index contributed by atoms with van der Waals surface area (Å²) in [6, 6.07) is 0. The zero-order chi connectivity index (χ0) is 9.07. The third-order valence-corrected chi connectivity index (χ3v) is 5.21. The van der Waals surface area contributed by atoms with E-state index in [9.17, 15) is 9.36 Å². The highest BCUT2D eigenvalue weighted by Crippen LogP contribution is 2.54. The summed E-state index contributed by atoms with van der Waals surface area (Å²) in [5.41, 5.74) is 0. The third kappa shape index (κ3) is 2.67. The Morgan fingerprint density at radius 2 is 1.82 bits per heavy atom. The van der Waals surface area contributed by atoms with Crippen molar-refractivity contribution in [3.05, 3.63) is 0 Å². The average molecular weight is 245 g/mol. The molecule has 0 aliphatic heterocycles. The fraction of sp³-hybridized carbons (Fsp3) is 0.800. The third-order valence-electron chi connectivity index (χ3n) is 1.12. The Kier molecular flexibility index (Phi) is 4.48. The fourth-order valence-electron chi connectivity index (χ4n) is 0.482. The molecule has 0 rings (SSSR count). The predicted molar refractivity (Wildman–Crippen MR) is 45.0 cm³/mol. The van der Waals surface area contributed by atoms with Gasteiger partial charge >= 0.3 is 7.60 Å². The molecule has 0 aromatic carbocycles. The highest BCUT2D eigenvalue weighted by molar-refractivity contribution is 9.11. The van der Waals surface area contributed by atoms with Crippen molar-refractivity contribution in [3.63, 3.8) is 0 Å². The summed E-state index contributed by atoms with van der Waals surface area (Å²) in [6.45, 7) is 1.31. The standard InChI is InChI=1S/C5H10BrO4P/c1-4(7)5(6)11(8,9-2)10-3/h5H,1-3H3/t5-/m0/s1. The van der Waals surface area contributed by atoms with Crippen molar-refractivity contribution in [2.24, 2.45) is 0 Å². The molecule has 0 aromatic rings. The molecule has 0 fully saturated rings. The molecule has 0 aliphatic rings. The largest absolute Gasteiger partial charge is 0.351 e. The lowest BCUT2D eigenvalue weighted by Crippen LogP contribution is -2.12. The maximum Gasteiger partial charge on any atom is 0.351 e. The summed E-state index contributed by atoms with van der Waals surface area (Å²) in [5, 5.41) is 0. The van der Waals surface area contributed by atoms with Gasteiger partial charge in [-0.25, -0.2) is 0 Å². The van der Waals surface area contributed by atoms with Crippen LogP contribution in [0.15, 0.2) is 0 Å². The van der Waals surface area contributed by atoms with Crippen molar-refractivity contribution in [2.75, 3.05) is 14.2 Å². The minimum Gasteiger partial charge on any atom is -0.311 e. The number of hydrogen-bond donors (Lipinski definition) is 0. The van der Waals surface area contributed by atoms with Gasteiger partial charge in [0.05, 0.1) is 0 Å². The summed E-state index contributed by atoms with van der Waals surface area (Å²) in [7, 11) is -0.786. The summed E-state index contributed by atoms with van der Waals surface area (Å²) < 4.78 is 19.7. The SMILES string of the molecule is COP(=O)(OC)[C@H](Br)C(C)=O. The van der Waals surface area contributed by atoms with Crippen LogP contribution < -0.4 is 0 Å². The molecule has 6 heteroatoms. The van der Waals surface area contributed by atoms with Gasteiger partial charge in [0.1, 0.15) is 0 Å². The maximum absolute atomic E-state index is 11.4. The smallest absolute Gasteiger partial charge is 0.311 e. The van der Waals surface area contributed by atoms with E-state index in [2.05, 4.69) is 25.0 Å². The molecule has 0 aliphatic carbocycles. The van der Waals surface area contributed by atoms with E-state index in [-0.39, 0.29) is 5.78 Å². The lowest BCUT2D eigenvalue weighted by molar-refractivity contribution is -0.115. The maximum atomic E-state index is 11.4. The van der Waals surface area contributed by atoms with Crippen LogP contribution >= 0.6 is 23.5 Å². The molecule has 0 spiro atoms. The van der Waals surface area contributed by atoms with E-state index in [0.29, 0.717) is 0 Å². The summed E-state index contributed by atoms with van der Waals surface area (Å²) in [4.78, 5) is 10.7. The first-order valence-electron chi connectivity index (χ1n) is 2.83. The first kappa shape index (κ1) is 11.3. The minimum absolute atomic E-state index is 0.281. The summed E-state index contributed by atoms with van der Waals surface area (Å²) in [6.07, 6.45) is 0. The van der Waals surface area contributed by atoms with Gasteiger partial charge in [0, 0.05) is 14.2 Å². The van der Waals surface area contributed by atoms with Crippen LogP contribution in [0.2, 0.25) is 0 Å². The molecule has 0 bridgehead atoms. The fourth-order valence-corrected chi connectivity index (χ4v) is 2.45. The number of alkyl halides is 1. The number of rotatable bonds is 4. The van der Waals surface area contributed by atoms with Crippen LogP contribution in [-0.4, -0.2) is 24.6 Å². The van der Waals surface area contributed by atoms with Gasteiger partial charge in [0.15, 0.2) is 10.4 Å². The molecule has 66 valence electrons. The Morgan fingerprint density at radius 3 is 1.91 bits per heavy atom. The molecule has 4 nitrogen and oxygen atoms in total. The van der Waals surface area contributed by atoms with Gasteiger partial charge < -0.3 is 9.05 Å². The van der Waals surface area contributed by atoms with Crippen molar-refractivity contribution in [2.45, 2.75) is 11.5 Å². The van der Waals surface area contributed by atoms with Crippen molar-refractivity contribution >= 4 is 29.3 Å². The molecule has 0 heterocycles. The van der Waals surface area contributed by atoms with Crippen molar-refractivity contribution < 1.29 is 18.4 Å². The minimum atomic E-state index is -3.26. The van der Waals surface area contributed by atoms with Crippen molar-refractivity contribution in [1.29, 1.82) is 0 Å². The molecular weight excluding hydrogens is 235 g/mol. The zero-order valence-corrected chi connectivity index (χ0v) is 9.02. The number of ketones is 1. The van der Waals surface area contributed by atoms with Gasteiger partial charge in [0.2, 0.25) is 0 Å².